The number of nitrogens with zero attached hydrogens (tertiary/aromatic N) is 4. The SMILES string of the molecule is CCC(=O)N1CCC[C@H](c2nc(C)c3c(n2)N(Cc2ccc(OC)cc2)C(=O)C3)C1. The van der Waals surface area contributed by atoms with E-state index in [1.165, 1.54) is 0 Å². The number of rotatable bonds is 5. The standard InChI is InChI=1S/C23H28N4O3/c1-4-20(28)26-11-5-6-17(14-26)22-24-15(2)19-12-21(29)27(23(19)25-22)13-16-7-9-18(30-3)10-8-16/h7-10,17H,4-6,11-14H2,1-3H3/t17-/m0/s1. The van der Waals surface area contributed by atoms with Crippen LogP contribution in [0.3, 0.4) is 0 Å². The highest BCUT2D eigenvalue weighted by molar-refractivity contribution is 6.00. The summed E-state index contributed by atoms with van der Waals surface area (Å²) in [6.45, 7) is 5.76. The molecule has 158 valence electrons. The first-order valence-electron chi connectivity index (χ1n) is 10.6. The molecule has 0 unspecified atom stereocenters. The van der Waals surface area contributed by atoms with Gasteiger partial charge in [-0.2, -0.15) is 0 Å². The van der Waals surface area contributed by atoms with Gasteiger partial charge in [0.05, 0.1) is 20.1 Å². The molecule has 0 radical (unpaired) electrons. The number of amides is 2. The van der Waals surface area contributed by atoms with Gasteiger partial charge in [0.15, 0.2) is 0 Å². The third kappa shape index (κ3) is 3.88. The molecule has 0 saturated carbocycles. The van der Waals surface area contributed by atoms with Gasteiger partial charge in [0.2, 0.25) is 11.8 Å². The Bertz CT molecular complexity index is 958. The van der Waals surface area contributed by atoms with Crippen LogP contribution in [-0.4, -0.2) is 46.9 Å². The van der Waals surface area contributed by atoms with Gasteiger partial charge >= 0.3 is 0 Å². The van der Waals surface area contributed by atoms with Crippen molar-refractivity contribution in [2.75, 3.05) is 25.1 Å². The number of benzene rings is 1. The minimum absolute atomic E-state index is 0.0433. The Kier molecular flexibility index (Phi) is 5.70. The van der Waals surface area contributed by atoms with Gasteiger partial charge < -0.3 is 9.64 Å². The van der Waals surface area contributed by atoms with Crippen LogP contribution in [0.25, 0.3) is 0 Å². The van der Waals surface area contributed by atoms with E-state index in [1.807, 2.05) is 43.0 Å². The molecular formula is C23H28N4O3. The van der Waals surface area contributed by atoms with Gasteiger partial charge in [-0.1, -0.05) is 19.1 Å². The number of aryl methyl sites for hydroxylation is 1. The summed E-state index contributed by atoms with van der Waals surface area (Å²) in [6, 6.07) is 7.73. The third-order valence-electron chi connectivity index (χ3n) is 6.04. The van der Waals surface area contributed by atoms with Gasteiger partial charge in [0, 0.05) is 36.7 Å². The number of anilines is 1. The van der Waals surface area contributed by atoms with Crippen molar-refractivity contribution in [2.45, 2.75) is 52.0 Å². The summed E-state index contributed by atoms with van der Waals surface area (Å²) >= 11 is 0. The Morgan fingerprint density at radius 2 is 2.00 bits per heavy atom. The van der Waals surface area contributed by atoms with Crippen molar-refractivity contribution in [3.8, 4) is 5.75 Å². The maximum Gasteiger partial charge on any atom is 0.233 e. The fraction of sp³-hybridized carbons (Fsp3) is 0.478. The molecule has 0 bridgehead atoms. The second-order valence-corrected chi connectivity index (χ2v) is 8.01. The van der Waals surface area contributed by atoms with Crippen molar-refractivity contribution in [1.82, 2.24) is 14.9 Å². The Morgan fingerprint density at radius 3 is 2.70 bits per heavy atom. The largest absolute Gasteiger partial charge is 0.497 e. The maximum atomic E-state index is 12.8. The van der Waals surface area contributed by atoms with Crippen LogP contribution < -0.4 is 9.64 Å². The minimum Gasteiger partial charge on any atom is -0.497 e. The molecule has 1 fully saturated rings. The monoisotopic (exact) mass is 408 g/mol. The molecule has 1 aromatic carbocycles. The maximum absolute atomic E-state index is 12.8. The van der Waals surface area contributed by atoms with E-state index in [1.54, 1.807) is 12.0 Å². The Morgan fingerprint density at radius 1 is 1.23 bits per heavy atom. The quantitative estimate of drug-likeness (QED) is 0.760. The minimum atomic E-state index is 0.0433. The van der Waals surface area contributed by atoms with Crippen LogP contribution in [0.15, 0.2) is 24.3 Å². The second kappa shape index (κ2) is 8.42. The van der Waals surface area contributed by atoms with E-state index in [4.69, 9.17) is 14.7 Å². The lowest BCUT2D eigenvalue weighted by Gasteiger charge is -2.32. The summed E-state index contributed by atoms with van der Waals surface area (Å²) in [5.74, 6) is 2.58. The Hall–Kier alpha value is -2.96. The number of likely N-dealkylation sites (tertiary alicyclic amines) is 1. The van der Waals surface area contributed by atoms with Crippen LogP contribution in [0.1, 0.15) is 54.7 Å². The number of piperidine rings is 1. The van der Waals surface area contributed by atoms with Gasteiger partial charge in [0.1, 0.15) is 17.4 Å². The summed E-state index contributed by atoms with van der Waals surface area (Å²) in [5.41, 5.74) is 2.79. The summed E-state index contributed by atoms with van der Waals surface area (Å²) < 4.78 is 5.22. The second-order valence-electron chi connectivity index (χ2n) is 8.01. The average Bonchev–Trinajstić information content (AvgIpc) is 3.09. The topological polar surface area (TPSA) is 75.6 Å². The van der Waals surface area contributed by atoms with Gasteiger partial charge in [-0.25, -0.2) is 9.97 Å². The van der Waals surface area contributed by atoms with Crippen LogP contribution in [0.2, 0.25) is 0 Å². The lowest BCUT2D eigenvalue weighted by atomic mass is 9.96. The number of carbonyl (C=O) groups is 2. The summed E-state index contributed by atoms with van der Waals surface area (Å²) in [6.07, 6.45) is 2.76. The zero-order chi connectivity index (χ0) is 21.3. The van der Waals surface area contributed by atoms with Crippen molar-refractivity contribution in [3.63, 3.8) is 0 Å². The molecule has 0 aliphatic carbocycles. The van der Waals surface area contributed by atoms with Crippen LogP contribution in [0.5, 0.6) is 5.75 Å². The smallest absolute Gasteiger partial charge is 0.233 e. The van der Waals surface area contributed by atoms with Crippen LogP contribution in [0.4, 0.5) is 5.82 Å². The van der Waals surface area contributed by atoms with Crippen molar-refractivity contribution >= 4 is 17.6 Å². The number of methoxy groups -OCH3 is 1. The first kappa shape index (κ1) is 20.3. The third-order valence-corrected chi connectivity index (χ3v) is 6.04. The van der Waals surface area contributed by atoms with Gasteiger partial charge in [0.25, 0.3) is 0 Å². The molecule has 2 aromatic rings. The highest BCUT2D eigenvalue weighted by Crippen LogP contribution is 2.33. The number of hydrogen-bond donors (Lipinski definition) is 0. The number of aromatic nitrogens is 2. The molecule has 0 spiro atoms. The predicted octanol–water partition coefficient (Wildman–Crippen LogP) is 3.00. The molecule has 2 aliphatic heterocycles. The molecule has 7 nitrogen and oxygen atoms in total. The lowest BCUT2D eigenvalue weighted by molar-refractivity contribution is -0.132. The van der Waals surface area contributed by atoms with Crippen LogP contribution in [-0.2, 0) is 22.6 Å². The molecule has 7 heteroatoms. The van der Waals surface area contributed by atoms with Crippen molar-refractivity contribution in [2.24, 2.45) is 0 Å². The molecule has 3 heterocycles. The Labute approximate surface area is 177 Å². The molecule has 30 heavy (non-hydrogen) atoms. The number of carbonyl (C=O) groups excluding carboxylic acids is 2. The van der Waals surface area contributed by atoms with Crippen molar-refractivity contribution in [1.29, 1.82) is 0 Å². The molecule has 1 aromatic heterocycles. The van der Waals surface area contributed by atoms with Crippen molar-refractivity contribution in [3.05, 3.63) is 46.9 Å². The van der Waals surface area contributed by atoms with E-state index >= 15 is 0 Å². The normalized spacial score (nSPS) is 18.5. The Balaban J connectivity index is 1.60. The van der Waals surface area contributed by atoms with Crippen LogP contribution >= 0.6 is 0 Å². The zero-order valence-corrected chi connectivity index (χ0v) is 17.9. The van der Waals surface area contributed by atoms with Crippen LogP contribution in [0, 0.1) is 6.92 Å². The summed E-state index contributed by atoms with van der Waals surface area (Å²) in [4.78, 5) is 38.2. The van der Waals surface area contributed by atoms with Crippen molar-refractivity contribution < 1.29 is 14.3 Å². The number of ether oxygens (including phenoxy) is 1. The lowest BCUT2D eigenvalue weighted by Crippen LogP contribution is -2.39. The predicted molar refractivity (Wildman–Crippen MR) is 114 cm³/mol. The molecular weight excluding hydrogens is 380 g/mol. The van der Waals surface area contributed by atoms with E-state index in [9.17, 15) is 9.59 Å². The summed E-state index contributed by atoms with van der Waals surface area (Å²) in [5, 5.41) is 0. The highest BCUT2D eigenvalue weighted by atomic mass is 16.5. The van der Waals surface area contributed by atoms with E-state index in [0.29, 0.717) is 25.9 Å². The number of hydrogen-bond acceptors (Lipinski definition) is 5. The first-order valence-corrected chi connectivity index (χ1v) is 10.6. The molecule has 2 aliphatic rings. The highest BCUT2D eigenvalue weighted by Gasteiger charge is 2.33. The average molecular weight is 409 g/mol. The first-order chi connectivity index (χ1) is 14.5. The fourth-order valence-corrected chi connectivity index (χ4v) is 4.29. The molecule has 2 amide bonds. The molecule has 1 atom stereocenters. The molecule has 0 N–H and O–H groups in total. The number of fused-ring (bicyclic) bond motifs is 1. The molecule has 4 rings (SSSR count). The van der Waals surface area contributed by atoms with Gasteiger partial charge in [-0.15, -0.1) is 0 Å². The summed E-state index contributed by atoms with van der Waals surface area (Å²) in [7, 11) is 1.64. The van der Waals surface area contributed by atoms with E-state index in [-0.39, 0.29) is 17.7 Å². The van der Waals surface area contributed by atoms with Gasteiger partial charge in [-0.05, 0) is 37.5 Å². The zero-order valence-electron chi connectivity index (χ0n) is 17.9. The molecule has 1 saturated heterocycles. The van der Waals surface area contributed by atoms with Gasteiger partial charge in [-0.3, -0.25) is 14.5 Å². The van der Waals surface area contributed by atoms with E-state index in [2.05, 4.69) is 0 Å². The van der Waals surface area contributed by atoms with E-state index in [0.717, 1.165) is 53.6 Å². The fourth-order valence-electron chi connectivity index (χ4n) is 4.29. The van der Waals surface area contributed by atoms with E-state index < -0.39 is 0 Å².